The van der Waals surface area contributed by atoms with Crippen LogP contribution in [0.3, 0.4) is 0 Å². The lowest BCUT2D eigenvalue weighted by Crippen LogP contribution is -2.31. The Morgan fingerprint density at radius 1 is 1.21 bits per heavy atom. The van der Waals surface area contributed by atoms with Gasteiger partial charge in [-0.3, -0.25) is 9.78 Å². The summed E-state index contributed by atoms with van der Waals surface area (Å²) in [5.41, 5.74) is 2.35. The van der Waals surface area contributed by atoms with Crippen LogP contribution in [0.1, 0.15) is 18.5 Å². The molecule has 148 valence electrons. The van der Waals surface area contributed by atoms with Crippen LogP contribution in [0.4, 0.5) is 11.6 Å². The molecule has 2 aromatic heterocycles. The summed E-state index contributed by atoms with van der Waals surface area (Å²) in [5.74, 6) is 1.17. The zero-order valence-electron chi connectivity index (χ0n) is 16.1. The van der Waals surface area contributed by atoms with E-state index in [2.05, 4.69) is 31.1 Å². The molecule has 0 spiro atoms. The lowest BCUT2D eigenvalue weighted by molar-refractivity contribution is -0.113. The summed E-state index contributed by atoms with van der Waals surface area (Å²) in [6.07, 6.45) is 3.22. The van der Waals surface area contributed by atoms with Crippen molar-refractivity contribution in [1.29, 1.82) is 0 Å². The van der Waals surface area contributed by atoms with E-state index in [4.69, 9.17) is 9.47 Å². The molecule has 10 nitrogen and oxygen atoms in total. The Kier molecular flexibility index (Phi) is 4.82. The maximum atomic E-state index is 13.3. The molecule has 4 rings (SSSR count). The van der Waals surface area contributed by atoms with E-state index in [0.29, 0.717) is 40.0 Å². The Morgan fingerprint density at radius 2 is 2.07 bits per heavy atom. The molecule has 1 aromatic carbocycles. The number of ether oxygens (including phenoxy) is 2. The van der Waals surface area contributed by atoms with Crippen molar-refractivity contribution in [2.24, 2.45) is 0 Å². The maximum absolute atomic E-state index is 13.3. The fourth-order valence-corrected chi connectivity index (χ4v) is 3.36. The largest absolute Gasteiger partial charge is 0.493 e. The molecule has 1 atom stereocenters. The lowest BCUT2D eigenvalue weighted by atomic mass is 9.94. The third kappa shape index (κ3) is 3.24. The smallest absolute Gasteiger partial charge is 0.255 e. The molecule has 0 unspecified atom stereocenters. The molecule has 0 saturated heterocycles. The van der Waals surface area contributed by atoms with Gasteiger partial charge in [0.1, 0.15) is 6.04 Å². The number of allylic oxidation sites excluding steroid dienone is 1. The number of methoxy groups -OCH3 is 2. The SMILES string of the molecule is COc1cccc([C@H]2C(C(=O)Nc3cccnc3)=C(C)Nc3nnnn32)c1OC. The molecule has 1 amide bonds. The van der Waals surface area contributed by atoms with Gasteiger partial charge in [-0.25, -0.2) is 0 Å². The van der Waals surface area contributed by atoms with E-state index >= 15 is 0 Å². The summed E-state index contributed by atoms with van der Waals surface area (Å²) in [6, 6.07) is 8.36. The number of para-hydroxylation sites is 1. The van der Waals surface area contributed by atoms with Gasteiger partial charge in [0, 0.05) is 17.5 Å². The molecular weight excluding hydrogens is 374 g/mol. The number of nitrogens with zero attached hydrogens (tertiary/aromatic N) is 5. The average molecular weight is 393 g/mol. The van der Waals surface area contributed by atoms with Crippen molar-refractivity contribution in [2.45, 2.75) is 13.0 Å². The van der Waals surface area contributed by atoms with Crippen LogP contribution in [-0.2, 0) is 4.79 Å². The molecule has 2 N–H and O–H groups in total. The van der Waals surface area contributed by atoms with Crippen molar-refractivity contribution < 1.29 is 14.3 Å². The summed E-state index contributed by atoms with van der Waals surface area (Å²) >= 11 is 0. The number of tetrazole rings is 1. The van der Waals surface area contributed by atoms with Crippen LogP contribution in [-0.4, -0.2) is 45.3 Å². The summed E-state index contributed by atoms with van der Waals surface area (Å²) in [5, 5.41) is 17.8. The van der Waals surface area contributed by atoms with Gasteiger partial charge in [0.05, 0.1) is 31.7 Å². The highest BCUT2D eigenvalue weighted by Gasteiger charge is 2.36. The molecule has 10 heteroatoms. The molecule has 3 aromatic rings. The summed E-state index contributed by atoms with van der Waals surface area (Å²) in [7, 11) is 3.11. The fourth-order valence-electron chi connectivity index (χ4n) is 3.36. The van der Waals surface area contributed by atoms with Crippen molar-refractivity contribution in [3.8, 4) is 11.5 Å². The normalized spacial score (nSPS) is 15.3. The predicted octanol–water partition coefficient (Wildman–Crippen LogP) is 2.01. The van der Waals surface area contributed by atoms with E-state index in [-0.39, 0.29) is 5.91 Å². The Balaban J connectivity index is 1.84. The number of hydrogen-bond donors (Lipinski definition) is 2. The molecule has 0 saturated carbocycles. The highest BCUT2D eigenvalue weighted by atomic mass is 16.5. The molecule has 1 aliphatic rings. The second-order valence-corrected chi connectivity index (χ2v) is 6.29. The first-order valence-corrected chi connectivity index (χ1v) is 8.82. The van der Waals surface area contributed by atoms with Gasteiger partial charge in [0.2, 0.25) is 5.95 Å². The molecular formula is C19H19N7O3. The third-order valence-corrected chi connectivity index (χ3v) is 4.61. The van der Waals surface area contributed by atoms with Gasteiger partial charge in [0.15, 0.2) is 11.5 Å². The molecule has 0 radical (unpaired) electrons. The van der Waals surface area contributed by atoms with Gasteiger partial charge in [-0.05, 0) is 35.5 Å². The molecule has 3 heterocycles. The first kappa shape index (κ1) is 18.4. The van der Waals surface area contributed by atoms with E-state index < -0.39 is 6.04 Å². The van der Waals surface area contributed by atoms with Gasteiger partial charge < -0.3 is 20.1 Å². The number of anilines is 2. The second-order valence-electron chi connectivity index (χ2n) is 6.29. The van der Waals surface area contributed by atoms with Gasteiger partial charge in [-0.2, -0.15) is 4.68 Å². The minimum absolute atomic E-state index is 0.306. The van der Waals surface area contributed by atoms with Crippen LogP contribution < -0.4 is 20.1 Å². The number of fused-ring (bicyclic) bond motifs is 1. The molecule has 0 fully saturated rings. The van der Waals surface area contributed by atoms with Gasteiger partial charge >= 0.3 is 0 Å². The van der Waals surface area contributed by atoms with Crippen LogP contribution in [0, 0.1) is 0 Å². The predicted molar refractivity (Wildman–Crippen MR) is 105 cm³/mol. The third-order valence-electron chi connectivity index (χ3n) is 4.61. The summed E-state index contributed by atoms with van der Waals surface area (Å²) in [6.45, 7) is 1.80. The van der Waals surface area contributed by atoms with Crippen LogP contribution in [0.2, 0.25) is 0 Å². The molecule has 29 heavy (non-hydrogen) atoms. The van der Waals surface area contributed by atoms with Gasteiger partial charge in [-0.15, -0.1) is 0 Å². The minimum Gasteiger partial charge on any atom is -0.493 e. The zero-order chi connectivity index (χ0) is 20.4. The van der Waals surface area contributed by atoms with E-state index in [1.54, 1.807) is 56.4 Å². The number of hydrogen-bond acceptors (Lipinski definition) is 8. The maximum Gasteiger partial charge on any atom is 0.255 e. The highest BCUT2D eigenvalue weighted by molar-refractivity contribution is 6.06. The van der Waals surface area contributed by atoms with Crippen molar-refractivity contribution in [1.82, 2.24) is 25.2 Å². The minimum atomic E-state index is -0.622. The average Bonchev–Trinajstić information content (AvgIpc) is 3.20. The quantitative estimate of drug-likeness (QED) is 0.676. The number of carbonyl (C=O) groups is 1. The van der Waals surface area contributed by atoms with E-state index in [1.165, 1.54) is 0 Å². The Hall–Kier alpha value is -3.95. The topological polar surface area (TPSA) is 116 Å². The Bertz CT molecular complexity index is 1080. The summed E-state index contributed by atoms with van der Waals surface area (Å²) < 4.78 is 12.6. The first-order valence-electron chi connectivity index (χ1n) is 8.82. The van der Waals surface area contributed by atoms with Crippen molar-refractivity contribution >= 4 is 17.5 Å². The van der Waals surface area contributed by atoms with E-state index in [0.717, 1.165) is 0 Å². The molecule has 0 aliphatic carbocycles. The highest BCUT2D eigenvalue weighted by Crippen LogP contribution is 2.42. The van der Waals surface area contributed by atoms with Gasteiger partial charge in [0.25, 0.3) is 5.91 Å². The van der Waals surface area contributed by atoms with Crippen LogP contribution in [0.15, 0.2) is 54.0 Å². The van der Waals surface area contributed by atoms with Crippen molar-refractivity contribution in [2.75, 3.05) is 24.9 Å². The van der Waals surface area contributed by atoms with Crippen molar-refractivity contribution in [3.05, 3.63) is 59.6 Å². The standard InChI is InChI=1S/C19H19N7O3/c1-11-15(18(27)22-12-6-5-9-20-10-12)16(26-19(21-11)23-24-25-26)13-7-4-8-14(28-2)17(13)29-3/h4-10,16H,1-3H3,(H,22,27)(H,21,23,25)/t16-/m0/s1. The van der Waals surface area contributed by atoms with E-state index in [1.807, 2.05) is 12.1 Å². The van der Waals surface area contributed by atoms with Crippen LogP contribution >= 0.6 is 0 Å². The van der Waals surface area contributed by atoms with Gasteiger partial charge in [-0.1, -0.05) is 17.2 Å². The Labute approximate surface area is 166 Å². The first-order chi connectivity index (χ1) is 14.1. The van der Waals surface area contributed by atoms with Crippen LogP contribution in [0.25, 0.3) is 0 Å². The lowest BCUT2D eigenvalue weighted by Gasteiger charge is -2.29. The fraction of sp³-hybridized carbons (Fsp3) is 0.211. The molecule has 0 bridgehead atoms. The number of aromatic nitrogens is 5. The van der Waals surface area contributed by atoms with E-state index in [9.17, 15) is 4.79 Å². The second kappa shape index (κ2) is 7.58. The number of pyridine rings is 1. The molecule has 1 aliphatic heterocycles. The number of nitrogens with one attached hydrogen (secondary N) is 2. The van der Waals surface area contributed by atoms with Crippen molar-refractivity contribution in [3.63, 3.8) is 0 Å². The Morgan fingerprint density at radius 3 is 2.79 bits per heavy atom. The number of carbonyl (C=O) groups excluding carboxylic acids is 1. The van der Waals surface area contributed by atoms with Crippen LogP contribution in [0.5, 0.6) is 11.5 Å². The number of benzene rings is 1. The summed E-state index contributed by atoms with van der Waals surface area (Å²) in [4.78, 5) is 17.3. The zero-order valence-corrected chi connectivity index (χ0v) is 16.1. The monoisotopic (exact) mass is 393 g/mol. The number of amides is 1. The number of rotatable bonds is 5.